The summed E-state index contributed by atoms with van der Waals surface area (Å²) in [5.41, 5.74) is 0. The molecule has 1 unspecified atom stereocenters. The Kier molecular flexibility index (Phi) is 7.49. The second-order valence-corrected chi connectivity index (χ2v) is 5.65. The summed E-state index contributed by atoms with van der Waals surface area (Å²) in [5, 5.41) is 3.51. The molecule has 3 heteroatoms. The van der Waals surface area contributed by atoms with Gasteiger partial charge in [-0.2, -0.15) is 0 Å². The Morgan fingerprint density at radius 3 is 2.47 bits per heavy atom. The number of hydrogen-bond donors (Lipinski definition) is 1. The summed E-state index contributed by atoms with van der Waals surface area (Å²) in [4.78, 5) is 2.77. The van der Waals surface area contributed by atoms with E-state index in [4.69, 9.17) is 0 Å². The number of nitrogens with one attached hydrogen (secondary N) is 1. The highest BCUT2D eigenvalue weighted by Crippen LogP contribution is 2.25. The molecule has 1 saturated heterocycles. The highest BCUT2D eigenvalue weighted by atomic mass is 35.5. The van der Waals surface area contributed by atoms with Gasteiger partial charge in [0.2, 0.25) is 0 Å². The molecule has 0 amide bonds. The van der Waals surface area contributed by atoms with Crippen LogP contribution in [0.4, 0.5) is 0 Å². The van der Waals surface area contributed by atoms with Gasteiger partial charge >= 0.3 is 0 Å². The molecule has 1 aliphatic heterocycles. The normalized spacial score (nSPS) is 26.1. The van der Waals surface area contributed by atoms with E-state index < -0.39 is 0 Å². The molecular formula is C14H29ClN2. The lowest BCUT2D eigenvalue weighted by Gasteiger charge is -2.33. The summed E-state index contributed by atoms with van der Waals surface area (Å²) in [6.45, 7) is 7.46. The van der Waals surface area contributed by atoms with Crippen molar-refractivity contribution in [1.29, 1.82) is 0 Å². The number of nitrogens with zero attached hydrogens (tertiary/aromatic N) is 1. The second-order valence-electron chi connectivity index (χ2n) is 5.65. The summed E-state index contributed by atoms with van der Waals surface area (Å²) in [7, 11) is 0. The van der Waals surface area contributed by atoms with Crippen molar-refractivity contribution in [2.24, 2.45) is 5.92 Å². The maximum Gasteiger partial charge on any atom is 0.0232 e. The molecule has 1 N–H and O–H groups in total. The molecule has 0 aromatic rings. The Labute approximate surface area is 113 Å². The van der Waals surface area contributed by atoms with Gasteiger partial charge in [-0.15, -0.1) is 12.4 Å². The Bertz CT molecular complexity index is 187. The second kappa shape index (κ2) is 8.34. The molecule has 17 heavy (non-hydrogen) atoms. The van der Waals surface area contributed by atoms with Crippen LogP contribution >= 0.6 is 12.4 Å². The fourth-order valence-corrected chi connectivity index (χ4v) is 3.36. The molecule has 1 heterocycles. The van der Waals surface area contributed by atoms with E-state index >= 15 is 0 Å². The zero-order valence-corrected chi connectivity index (χ0v) is 12.1. The highest BCUT2D eigenvalue weighted by molar-refractivity contribution is 5.85. The molecule has 0 bridgehead atoms. The Hall–Kier alpha value is 0.210. The lowest BCUT2D eigenvalue weighted by atomic mass is 9.88. The van der Waals surface area contributed by atoms with E-state index in [-0.39, 0.29) is 12.4 Å². The van der Waals surface area contributed by atoms with Gasteiger partial charge in [0.1, 0.15) is 0 Å². The van der Waals surface area contributed by atoms with Crippen molar-refractivity contribution in [2.75, 3.05) is 26.2 Å². The summed E-state index contributed by atoms with van der Waals surface area (Å²) < 4.78 is 0. The first-order valence-electron chi connectivity index (χ1n) is 7.35. The molecule has 0 aromatic heterocycles. The molecule has 2 fully saturated rings. The fraction of sp³-hybridized carbons (Fsp3) is 1.00. The molecule has 0 spiro atoms. The van der Waals surface area contributed by atoms with Crippen LogP contribution in [-0.4, -0.2) is 37.1 Å². The van der Waals surface area contributed by atoms with Gasteiger partial charge in [-0.1, -0.05) is 26.2 Å². The summed E-state index contributed by atoms with van der Waals surface area (Å²) >= 11 is 0. The molecule has 1 aliphatic carbocycles. The Morgan fingerprint density at radius 2 is 1.88 bits per heavy atom. The molecule has 2 aliphatic rings. The minimum atomic E-state index is 0. The first kappa shape index (κ1) is 15.3. The molecule has 0 aromatic carbocycles. The van der Waals surface area contributed by atoms with Crippen LogP contribution < -0.4 is 5.32 Å². The predicted molar refractivity (Wildman–Crippen MR) is 77.0 cm³/mol. The molecule has 2 nitrogen and oxygen atoms in total. The Morgan fingerprint density at radius 1 is 1.12 bits per heavy atom. The van der Waals surface area contributed by atoms with Gasteiger partial charge in [0.25, 0.3) is 0 Å². The van der Waals surface area contributed by atoms with E-state index in [1.165, 1.54) is 71.1 Å². The first-order chi connectivity index (χ1) is 7.90. The summed E-state index contributed by atoms with van der Waals surface area (Å²) in [5.74, 6) is 1.00. The largest absolute Gasteiger partial charge is 0.315 e. The average molecular weight is 261 g/mol. The van der Waals surface area contributed by atoms with Crippen molar-refractivity contribution < 1.29 is 0 Å². The predicted octanol–water partition coefficient (Wildman–Crippen LogP) is 3.06. The van der Waals surface area contributed by atoms with Crippen LogP contribution in [0.25, 0.3) is 0 Å². The van der Waals surface area contributed by atoms with Crippen LogP contribution in [0.1, 0.15) is 51.9 Å². The minimum absolute atomic E-state index is 0. The van der Waals surface area contributed by atoms with Gasteiger partial charge in [0, 0.05) is 19.1 Å². The highest BCUT2D eigenvalue weighted by Gasteiger charge is 2.24. The SMILES string of the molecule is CCCN(CC1CCCCC1)C1CCNC1.Cl. The monoisotopic (exact) mass is 260 g/mol. The molecule has 2 rings (SSSR count). The van der Waals surface area contributed by atoms with Gasteiger partial charge in [-0.3, -0.25) is 4.90 Å². The third-order valence-electron chi connectivity index (χ3n) is 4.28. The average Bonchev–Trinajstić information content (AvgIpc) is 2.83. The van der Waals surface area contributed by atoms with Gasteiger partial charge in [-0.05, 0) is 44.7 Å². The molecule has 1 saturated carbocycles. The fourth-order valence-electron chi connectivity index (χ4n) is 3.36. The van der Waals surface area contributed by atoms with E-state index in [0.29, 0.717) is 0 Å². The molecule has 102 valence electrons. The van der Waals surface area contributed by atoms with Crippen LogP contribution in [0.3, 0.4) is 0 Å². The molecule has 0 radical (unpaired) electrons. The van der Waals surface area contributed by atoms with Crippen molar-refractivity contribution in [2.45, 2.75) is 57.9 Å². The quantitative estimate of drug-likeness (QED) is 0.817. The van der Waals surface area contributed by atoms with E-state index in [2.05, 4.69) is 17.1 Å². The lowest BCUT2D eigenvalue weighted by molar-refractivity contribution is 0.157. The minimum Gasteiger partial charge on any atom is -0.315 e. The number of halogens is 1. The first-order valence-corrected chi connectivity index (χ1v) is 7.35. The van der Waals surface area contributed by atoms with Crippen LogP contribution in [0, 0.1) is 5.92 Å². The summed E-state index contributed by atoms with van der Waals surface area (Å²) in [6.07, 6.45) is 10.1. The van der Waals surface area contributed by atoms with Crippen molar-refractivity contribution in [1.82, 2.24) is 10.2 Å². The smallest absolute Gasteiger partial charge is 0.0232 e. The van der Waals surface area contributed by atoms with Gasteiger partial charge in [0.05, 0.1) is 0 Å². The van der Waals surface area contributed by atoms with E-state index in [1.54, 1.807) is 0 Å². The van der Waals surface area contributed by atoms with Crippen LogP contribution in [0.5, 0.6) is 0 Å². The van der Waals surface area contributed by atoms with Crippen LogP contribution in [0.2, 0.25) is 0 Å². The van der Waals surface area contributed by atoms with Crippen molar-refractivity contribution in [3.63, 3.8) is 0 Å². The third kappa shape index (κ3) is 4.76. The maximum atomic E-state index is 3.51. The molecular weight excluding hydrogens is 232 g/mol. The zero-order chi connectivity index (χ0) is 11.2. The van der Waals surface area contributed by atoms with E-state index in [9.17, 15) is 0 Å². The van der Waals surface area contributed by atoms with Crippen LogP contribution in [0.15, 0.2) is 0 Å². The van der Waals surface area contributed by atoms with Gasteiger partial charge < -0.3 is 5.32 Å². The van der Waals surface area contributed by atoms with E-state index in [1.807, 2.05) is 0 Å². The number of hydrogen-bond acceptors (Lipinski definition) is 2. The van der Waals surface area contributed by atoms with Crippen molar-refractivity contribution in [3.05, 3.63) is 0 Å². The summed E-state index contributed by atoms with van der Waals surface area (Å²) in [6, 6.07) is 0.835. The maximum absolute atomic E-state index is 3.51. The number of rotatable bonds is 5. The third-order valence-corrected chi connectivity index (χ3v) is 4.28. The zero-order valence-electron chi connectivity index (χ0n) is 11.3. The standard InChI is InChI=1S/C14H28N2.ClH/c1-2-10-16(14-8-9-15-11-14)12-13-6-4-3-5-7-13;/h13-15H,2-12H2,1H3;1H. The van der Waals surface area contributed by atoms with Gasteiger partial charge in [-0.25, -0.2) is 0 Å². The van der Waals surface area contributed by atoms with Crippen molar-refractivity contribution >= 4 is 12.4 Å². The van der Waals surface area contributed by atoms with E-state index in [0.717, 1.165) is 12.0 Å². The van der Waals surface area contributed by atoms with Crippen LogP contribution in [-0.2, 0) is 0 Å². The van der Waals surface area contributed by atoms with Crippen molar-refractivity contribution in [3.8, 4) is 0 Å². The Balaban J connectivity index is 0.00000144. The topological polar surface area (TPSA) is 15.3 Å². The molecule has 1 atom stereocenters. The lowest BCUT2D eigenvalue weighted by Crippen LogP contribution is -2.41. The van der Waals surface area contributed by atoms with Gasteiger partial charge in [0.15, 0.2) is 0 Å².